The number of hydrogen-bond acceptors (Lipinski definition) is 2. The van der Waals surface area contributed by atoms with Crippen LogP contribution in [0.2, 0.25) is 0 Å². The van der Waals surface area contributed by atoms with Crippen molar-refractivity contribution in [3.8, 4) is 0 Å². The van der Waals surface area contributed by atoms with E-state index in [1.54, 1.807) is 0 Å². The summed E-state index contributed by atoms with van der Waals surface area (Å²) < 4.78 is 0. The van der Waals surface area contributed by atoms with E-state index in [1.165, 1.54) is 5.56 Å². The fourth-order valence-electron chi connectivity index (χ4n) is 2.91. The minimum absolute atomic E-state index is 0.132. The Morgan fingerprint density at radius 2 is 1.81 bits per heavy atom. The van der Waals surface area contributed by atoms with Gasteiger partial charge in [-0.1, -0.05) is 44.5 Å². The molecule has 1 aliphatic carbocycles. The Hall–Kier alpha value is -1.84. The first-order chi connectivity index (χ1) is 9.99. The minimum Gasteiger partial charge on any atom is -0.481 e. The van der Waals surface area contributed by atoms with Gasteiger partial charge in [-0.2, -0.15) is 0 Å². The quantitative estimate of drug-likeness (QED) is 0.876. The minimum atomic E-state index is -0.853. The highest BCUT2D eigenvalue weighted by Crippen LogP contribution is 2.32. The topological polar surface area (TPSA) is 66.4 Å². The fraction of sp³-hybridized carbons (Fsp3) is 0.529. The van der Waals surface area contributed by atoms with Crippen LogP contribution < -0.4 is 5.32 Å². The molecule has 1 aliphatic rings. The molecule has 0 aliphatic heterocycles. The first kappa shape index (κ1) is 15.5. The van der Waals surface area contributed by atoms with Crippen molar-refractivity contribution < 1.29 is 14.7 Å². The lowest BCUT2D eigenvalue weighted by molar-refractivity contribution is -0.146. The molecule has 0 unspecified atom stereocenters. The third-order valence-corrected chi connectivity index (χ3v) is 4.28. The van der Waals surface area contributed by atoms with Gasteiger partial charge in [-0.25, -0.2) is 0 Å². The average molecular weight is 289 g/mol. The number of aliphatic carboxylic acids is 1. The Labute approximate surface area is 125 Å². The molecule has 0 aromatic heterocycles. The largest absolute Gasteiger partial charge is 0.481 e. The molecule has 2 N–H and O–H groups in total. The molecular formula is C17H23NO3. The van der Waals surface area contributed by atoms with E-state index in [4.69, 9.17) is 5.11 Å². The molecule has 0 spiro atoms. The van der Waals surface area contributed by atoms with Crippen LogP contribution >= 0.6 is 0 Å². The van der Waals surface area contributed by atoms with Crippen LogP contribution in [0.25, 0.3) is 0 Å². The van der Waals surface area contributed by atoms with Crippen LogP contribution in [-0.4, -0.2) is 17.0 Å². The van der Waals surface area contributed by atoms with Crippen molar-refractivity contribution in [3.05, 3.63) is 35.4 Å². The number of nitrogens with one attached hydrogen (secondary N) is 1. The lowest BCUT2D eigenvalue weighted by atomic mass is 9.95. The monoisotopic (exact) mass is 289 g/mol. The van der Waals surface area contributed by atoms with Crippen molar-refractivity contribution in [1.29, 1.82) is 0 Å². The predicted octanol–water partition coefficient (Wildman–Crippen LogP) is 2.93. The Bertz CT molecular complexity index is 507. The summed E-state index contributed by atoms with van der Waals surface area (Å²) in [6.45, 7) is 4.74. The highest BCUT2D eigenvalue weighted by molar-refractivity contribution is 5.85. The SMILES string of the molecule is CC(C)c1ccc(CNC(=O)[C@@H]2CCC[C@@H]2C(=O)O)cc1. The Morgan fingerprint density at radius 3 is 2.38 bits per heavy atom. The third-order valence-electron chi connectivity index (χ3n) is 4.28. The van der Waals surface area contributed by atoms with Crippen LogP contribution in [0.5, 0.6) is 0 Å². The highest BCUT2D eigenvalue weighted by atomic mass is 16.4. The van der Waals surface area contributed by atoms with Gasteiger partial charge >= 0.3 is 5.97 Å². The van der Waals surface area contributed by atoms with Crippen molar-refractivity contribution in [2.45, 2.75) is 45.6 Å². The van der Waals surface area contributed by atoms with Gasteiger partial charge in [0.1, 0.15) is 0 Å². The molecule has 0 saturated heterocycles. The molecule has 0 bridgehead atoms. The Morgan fingerprint density at radius 1 is 1.19 bits per heavy atom. The zero-order valence-corrected chi connectivity index (χ0v) is 12.6. The lowest BCUT2D eigenvalue weighted by Gasteiger charge is -2.15. The van der Waals surface area contributed by atoms with E-state index in [-0.39, 0.29) is 11.8 Å². The number of carbonyl (C=O) groups is 2. The summed E-state index contributed by atoms with van der Waals surface area (Å²) >= 11 is 0. The van der Waals surface area contributed by atoms with Crippen molar-refractivity contribution in [3.63, 3.8) is 0 Å². The van der Waals surface area contributed by atoms with Crippen LogP contribution in [0.15, 0.2) is 24.3 Å². The standard InChI is InChI=1S/C17H23NO3/c1-11(2)13-8-6-12(7-9-13)10-18-16(19)14-4-3-5-15(14)17(20)21/h6-9,11,14-15H,3-5,10H2,1-2H3,(H,18,19)(H,20,21)/t14-,15+/m1/s1. The second kappa shape index (κ2) is 6.74. The highest BCUT2D eigenvalue weighted by Gasteiger charge is 2.37. The maximum absolute atomic E-state index is 12.1. The summed E-state index contributed by atoms with van der Waals surface area (Å²) in [6.07, 6.45) is 2.10. The molecule has 0 radical (unpaired) electrons. The molecule has 1 saturated carbocycles. The number of carboxylic acids is 1. The number of amides is 1. The van der Waals surface area contributed by atoms with Crippen LogP contribution in [0.4, 0.5) is 0 Å². The molecule has 21 heavy (non-hydrogen) atoms. The van der Waals surface area contributed by atoms with E-state index in [0.29, 0.717) is 25.3 Å². The molecule has 0 heterocycles. The van der Waals surface area contributed by atoms with Gasteiger partial charge in [0.05, 0.1) is 11.8 Å². The fourth-order valence-corrected chi connectivity index (χ4v) is 2.91. The second-order valence-electron chi connectivity index (χ2n) is 6.10. The summed E-state index contributed by atoms with van der Waals surface area (Å²) in [6, 6.07) is 8.17. The Kier molecular flexibility index (Phi) is 4.99. The van der Waals surface area contributed by atoms with E-state index < -0.39 is 11.9 Å². The van der Waals surface area contributed by atoms with Gasteiger partial charge in [0.15, 0.2) is 0 Å². The number of carboxylic acid groups (broad SMARTS) is 1. The lowest BCUT2D eigenvalue weighted by Crippen LogP contribution is -2.34. The molecule has 4 nitrogen and oxygen atoms in total. The van der Waals surface area contributed by atoms with Crippen molar-refractivity contribution in [1.82, 2.24) is 5.32 Å². The van der Waals surface area contributed by atoms with E-state index in [0.717, 1.165) is 12.0 Å². The van der Waals surface area contributed by atoms with Gasteiger partial charge in [-0.3, -0.25) is 9.59 Å². The zero-order valence-electron chi connectivity index (χ0n) is 12.6. The van der Waals surface area contributed by atoms with Crippen LogP contribution in [0.1, 0.15) is 50.2 Å². The number of benzene rings is 1. The number of carbonyl (C=O) groups excluding carboxylic acids is 1. The second-order valence-corrected chi connectivity index (χ2v) is 6.10. The summed E-state index contributed by atoms with van der Waals surface area (Å²) in [4.78, 5) is 23.2. The van der Waals surface area contributed by atoms with E-state index in [1.807, 2.05) is 12.1 Å². The van der Waals surface area contributed by atoms with Gasteiger partial charge in [0.2, 0.25) is 5.91 Å². The molecular weight excluding hydrogens is 266 g/mol. The first-order valence-corrected chi connectivity index (χ1v) is 7.58. The van der Waals surface area contributed by atoms with Crippen molar-refractivity contribution in [2.75, 3.05) is 0 Å². The molecule has 1 aromatic rings. The van der Waals surface area contributed by atoms with Gasteiger partial charge in [-0.15, -0.1) is 0 Å². The normalized spacial score (nSPS) is 21.5. The van der Waals surface area contributed by atoms with Crippen molar-refractivity contribution >= 4 is 11.9 Å². The smallest absolute Gasteiger partial charge is 0.307 e. The number of rotatable bonds is 5. The summed E-state index contributed by atoms with van der Waals surface area (Å²) in [5.74, 6) is -1.39. The van der Waals surface area contributed by atoms with E-state index in [9.17, 15) is 9.59 Å². The van der Waals surface area contributed by atoms with Crippen molar-refractivity contribution in [2.24, 2.45) is 11.8 Å². The van der Waals surface area contributed by atoms with Gasteiger partial charge in [0.25, 0.3) is 0 Å². The molecule has 1 fully saturated rings. The van der Waals surface area contributed by atoms with Crippen LogP contribution in [0.3, 0.4) is 0 Å². The van der Waals surface area contributed by atoms with Crippen LogP contribution in [0, 0.1) is 11.8 Å². The van der Waals surface area contributed by atoms with Gasteiger partial charge < -0.3 is 10.4 Å². The maximum Gasteiger partial charge on any atom is 0.307 e. The molecule has 1 aromatic carbocycles. The average Bonchev–Trinajstić information content (AvgIpc) is 2.95. The van der Waals surface area contributed by atoms with E-state index >= 15 is 0 Å². The summed E-state index contributed by atoms with van der Waals surface area (Å²) in [5.41, 5.74) is 2.31. The maximum atomic E-state index is 12.1. The molecule has 4 heteroatoms. The van der Waals surface area contributed by atoms with Gasteiger partial charge in [-0.05, 0) is 29.9 Å². The molecule has 2 rings (SSSR count). The van der Waals surface area contributed by atoms with Gasteiger partial charge in [0, 0.05) is 6.54 Å². The molecule has 114 valence electrons. The predicted molar refractivity (Wildman–Crippen MR) is 80.8 cm³/mol. The van der Waals surface area contributed by atoms with E-state index in [2.05, 4.69) is 31.3 Å². The summed E-state index contributed by atoms with van der Waals surface area (Å²) in [7, 11) is 0. The zero-order chi connectivity index (χ0) is 15.4. The molecule has 2 atom stereocenters. The summed E-state index contributed by atoms with van der Waals surface area (Å²) in [5, 5.41) is 12.0. The third kappa shape index (κ3) is 3.84. The molecule has 1 amide bonds. The first-order valence-electron chi connectivity index (χ1n) is 7.58. The number of hydrogen-bond donors (Lipinski definition) is 2. The van der Waals surface area contributed by atoms with Crippen LogP contribution in [-0.2, 0) is 16.1 Å². The Balaban J connectivity index is 1.90.